The summed E-state index contributed by atoms with van der Waals surface area (Å²) < 4.78 is 10.3. The summed E-state index contributed by atoms with van der Waals surface area (Å²) in [5.74, 6) is 0. The van der Waals surface area contributed by atoms with Gasteiger partial charge in [-0.3, -0.25) is 0 Å². The van der Waals surface area contributed by atoms with Gasteiger partial charge in [0.25, 0.3) is 0 Å². The van der Waals surface area contributed by atoms with Crippen molar-refractivity contribution < 1.29 is 9.47 Å². The Bertz CT molecular complexity index is 206. The van der Waals surface area contributed by atoms with Crippen molar-refractivity contribution >= 4 is 17.3 Å². The number of likely N-dealkylation sites (tertiary alicyclic amines) is 1. The average Bonchev–Trinajstić information content (AvgIpc) is 2.34. The molecule has 0 spiro atoms. The monoisotopic (exact) mass is 246 g/mol. The Kier molecular flexibility index (Phi) is 6.68. The van der Waals surface area contributed by atoms with Gasteiger partial charge < -0.3 is 19.7 Å². The first-order chi connectivity index (χ1) is 7.77. The second kappa shape index (κ2) is 7.81. The Morgan fingerprint density at radius 1 is 1.38 bits per heavy atom. The van der Waals surface area contributed by atoms with Crippen LogP contribution in [0.4, 0.5) is 0 Å². The lowest BCUT2D eigenvalue weighted by molar-refractivity contribution is 0.0576. The second-order valence-electron chi connectivity index (χ2n) is 4.00. The quantitative estimate of drug-likeness (QED) is 0.578. The molecule has 0 aromatic carbocycles. The standard InChI is InChI=1S/C11H22N2O2S/c1-14-9-3-6-12-11(16)13-7-4-10(15-2)5-8-13/h10H,3-9H2,1-2H3,(H,12,16). The van der Waals surface area contributed by atoms with E-state index in [-0.39, 0.29) is 0 Å². The van der Waals surface area contributed by atoms with Crippen LogP contribution in [0.25, 0.3) is 0 Å². The summed E-state index contributed by atoms with van der Waals surface area (Å²) in [6, 6.07) is 0. The first-order valence-electron chi connectivity index (χ1n) is 5.82. The molecule has 0 bridgehead atoms. The van der Waals surface area contributed by atoms with Gasteiger partial charge in [0, 0.05) is 40.5 Å². The van der Waals surface area contributed by atoms with Crippen LogP contribution >= 0.6 is 12.2 Å². The molecular formula is C11H22N2O2S. The molecule has 5 heteroatoms. The predicted molar refractivity (Wildman–Crippen MR) is 68.7 cm³/mol. The molecule has 4 nitrogen and oxygen atoms in total. The van der Waals surface area contributed by atoms with E-state index in [2.05, 4.69) is 10.2 Å². The van der Waals surface area contributed by atoms with Gasteiger partial charge in [0.2, 0.25) is 0 Å². The number of nitrogens with one attached hydrogen (secondary N) is 1. The molecule has 16 heavy (non-hydrogen) atoms. The number of piperidine rings is 1. The van der Waals surface area contributed by atoms with Crippen LogP contribution in [0.5, 0.6) is 0 Å². The van der Waals surface area contributed by atoms with Gasteiger partial charge in [0.15, 0.2) is 5.11 Å². The lowest BCUT2D eigenvalue weighted by Crippen LogP contribution is -2.45. The van der Waals surface area contributed by atoms with Crippen LogP contribution in [0.1, 0.15) is 19.3 Å². The van der Waals surface area contributed by atoms with Gasteiger partial charge >= 0.3 is 0 Å². The number of ether oxygens (including phenoxy) is 2. The number of rotatable bonds is 5. The number of hydrogen-bond acceptors (Lipinski definition) is 3. The molecule has 0 amide bonds. The van der Waals surface area contributed by atoms with Gasteiger partial charge in [-0.25, -0.2) is 0 Å². The van der Waals surface area contributed by atoms with Crippen molar-refractivity contribution in [2.45, 2.75) is 25.4 Å². The van der Waals surface area contributed by atoms with Gasteiger partial charge in [-0.2, -0.15) is 0 Å². The van der Waals surface area contributed by atoms with Crippen molar-refractivity contribution in [3.8, 4) is 0 Å². The fraction of sp³-hybridized carbons (Fsp3) is 0.909. The van der Waals surface area contributed by atoms with E-state index in [4.69, 9.17) is 21.7 Å². The predicted octanol–water partition coefficient (Wildman–Crippen LogP) is 1.01. The number of nitrogens with zero attached hydrogens (tertiary/aromatic N) is 1. The van der Waals surface area contributed by atoms with E-state index in [1.807, 2.05) is 0 Å². The highest BCUT2D eigenvalue weighted by molar-refractivity contribution is 7.80. The van der Waals surface area contributed by atoms with E-state index in [0.29, 0.717) is 6.10 Å². The lowest BCUT2D eigenvalue weighted by Gasteiger charge is -2.33. The Hall–Kier alpha value is -0.390. The van der Waals surface area contributed by atoms with Crippen LogP contribution in [0, 0.1) is 0 Å². The second-order valence-corrected chi connectivity index (χ2v) is 4.39. The van der Waals surface area contributed by atoms with Crippen LogP contribution in [-0.4, -0.2) is 56.6 Å². The Labute approximate surface area is 103 Å². The molecule has 0 aromatic heterocycles. The van der Waals surface area contributed by atoms with Gasteiger partial charge in [-0.1, -0.05) is 0 Å². The molecule has 0 atom stereocenters. The maximum Gasteiger partial charge on any atom is 0.168 e. The fourth-order valence-electron chi connectivity index (χ4n) is 1.82. The zero-order valence-corrected chi connectivity index (χ0v) is 11.0. The Morgan fingerprint density at radius 3 is 2.62 bits per heavy atom. The first kappa shape index (κ1) is 13.7. The van der Waals surface area contributed by atoms with E-state index in [1.54, 1.807) is 14.2 Å². The largest absolute Gasteiger partial charge is 0.385 e. The highest BCUT2D eigenvalue weighted by atomic mass is 32.1. The minimum absolute atomic E-state index is 0.410. The van der Waals surface area contributed by atoms with Gasteiger partial charge in [0.1, 0.15) is 0 Å². The molecule has 1 rings (SSSR count). The molecule has 1 heterocycles. The molecule has 0 saturated carbocycles. The summed E-state index contributed by atoms with van der Waals surface area (Å²) in [4.78, 5) is 2.22. The van der Waals surface area contributed by atoms with Crippen LogP contribution in [0.2, 0.25) is 0 Å². The summed E-state index contributed by atoms with van der Waals surface area (Å²) in [5, 5.41) is 4.12. The number of hydrogen-bond donors (Lipinski definition) is 1. The third-order valence-corrected chi connectivity index (χ3v) is 3.27. The highest BCUT2D eigenvalue weighted by Gasteiger charge is 2.19. The smallest absolute Gasteiger partial charge is 0.168 e. The van der Waals surface area contributed by atoms with Gasteiger partial charge in [-0.15, -0.1) is 0 Å². The van der Waals surface area contributed by atoms with E-state index >= 15 is 0 Å². The van der Waals surface area contributed by atoms with E-state index in [9.17, 15) is 0 Å². The maximum absolute atomic E-state index is 5.33. The SMILES string of the molecule is COCCCNC(=S)N1CCC(OC)CC1. The van der Waals surface area contributed by atoms with Gasteiger partial charge in [0.05, 0.1) is 6.10 Å². The van der Waals surface area contributed by atoms with Crippen LogP contribution in [0.3, 0.4) is 0 Å². The fourth-order valence-corrected chi connectivity index (χ4v) is 2.10. The third-order valence-electron chi connectivity index (χ3n) is 2.86. The van der Waals surface area contributed by atoms with Crippen LogP contribution < -0.4 is 5.32 Å². The Balaban J connectivity index is 2.13. The van der Waals surface area contributed by atoms with Crippen molar-refractivity contribution in [2.75, 3.05) is 40.5 Å². The van der Waals surface area contributed by atoms with Crippen LogP contribution in [-0.2, 0) is 9.47 Å². The van der Waals surface area contributed by atoms with E-state index in [0.717, 1.165) is 50.6 Å². The molecule has 0 unspecified atom stereocenters. The van der Waals surface area contributed by atoms with Crippen molar-refractivity contribution in [3.05, 3.63) is 0 Å². The van der Waals surface area contributed by atoms with Gasteiger partial charge in [-0.05, 0) is 31.5 Å². The summed E-state index contributed by atoms with van der Waals surface area (Å²) >= 11 is 5.33. The van der Waals surface area contributed by atoms with Crippen molar-refractivity contribution in [3.63, 3.8) is 0 Å². The maximum atomic E-state index is 5.33. The van der Waals surface area contributed by atoms with Crippen LogP contribution in [0.15, 0.2) is 0 Å². The molecular weight excluding hydrogens is 224 g/mol. The average molecular weight is 246 g/mol. The molecule has 1 aliphatic rings. The molecule has 94 valence electrons. The Morgan fingerprint density at radius 2 is 2.06 bits per heavy atom. The van der Waals surface area contributed by atoms with Crippen molar-refractivity contribution in [2.24, 2.45) is 0 Å². The zero-order valence-electron chi connectivity index (χ0n) is 10.2. The van der Waals surface area contributed by atoms with E-state index < -0.39 is 0 Å². The molecule has 0 aromatic rings. The highest BCUT2D eigenvalue weighted by Crippen LogP contribution is 2.12. The summed E-state index contributed by atoms with van der Waals surface area (Å²) in [7, 11) is 3.50. The minimum atomic E-state index is 0.410. The molecule has 1 saturated heterocycles. The normalized spacial score (nSPS) is 17.5. The van der Waals surface area contributed by atoms with E-state index in [1.165, 1.54) is 0 Å². The molecule has 0 radical (unpaired) electrons. The third kappa shape index (κ3) is 4.63. The number of thiocarbonyl (C=S) groups is 1. The molecule has 1 N–H and O–H groups in total. The molecule has 0 aliphatic carbocycles. The molecule has 1 fully saturated rings. The van der Waals surface area contributed by atoms with Crippen molar-refractivity contribution in [1.29, 1.82) is 0 Å². The summed E-state index contributed by atoms with van der Waals surface area (Å²) in [6.07, 6.45) is 3.53. The lowest BCUT2D eigenvalue weighted by atomic mass is 10.1. The minimum Gasteiger partial charge on any atom is -0.385 e. The summed E-state index contributed by atoms with van der Waals surface area (Å²) in [5.41, 5.74) is 0. The number of methoxy groups -OCH3 is 2. The first-order valence-corrected chi connectivity index (χ1v) is 6.23. The zero-order chi connectivity index (χ0) is 11.8. The topological polar surface area (TPSA) is 33.7 Å². The van der Waals surface area contributed by atoms with Crippen molar-refractivity contribution in [1.82, 2.24) is 10.2 Å². The molecule has 1 aliphatic heterocycles. The summed E-state index contributed by atoms with van der Waals surface area (Å²) in [6.45, 7) is 3.65.